The number of hydrogen-bond acceptors (Lipinski definition) is 3. The smallest absolute Gasteiger partial charge is 0.119 e. The Hall–Kier alpha value is -3.60. The van der Waals surface area contributed by atoms with Crippen molar-refractivity contribution >= 4 is 22.1 Å². The zero-order chi connectivity index (χ0) is 20.5. The van der Waals surface area contributed by atoms with Crippen molar-refractivity contribution < 1.29 is 4.74 Å². The van der Waals surface area contributed by atoms with Crippen molar-refractivity contribution in [3.63, 3.8) is 0 Å². The van der Waals surface area contributed by atoms with E-state index in [1.165, 1.54) is 5.56 Å². The van der Waals surface area contributed by atoms with Gasteiger partial charge >= 0.3 is 0 Å². The summed E-state index contributed by atoms with van der Waals surface area (Å²) in [5.41, 5.74) is 5.22. The van der Waals surface area contributed by atoms with E-state index in [9.17, 15) is 0 Å². The van der Waals surface area contributed by atoms with Crippen LogP contribution < -0.4 is 4.74 Å². The van der Waals surface area contributed by atoms with E-state index in [-0.39, 0.29) is 12.0 Å². The molecule has 5 rings (SSSR count). The van der Waals surface area contributed by atoms with E-state index in [1.807, 2.05) is 62.4 Å². The van der Waals surface area contributed by atoms with Gasteiger partial charge in [0.25, 0.3) is 0 Å². The lowest BCUT2D eigenvalue weighted by molar-refractivity contribution is 0.242. The summed E-state index contributed by atoms with van der Waals surface area (Å²) in [6, 6.07) is 24.6. The number of para-hydroxylation sites is 4. The van der Waals surface area contributed by atoms with Crippen LogP contribution in [0.1, 0.15) is 37.0 Å². The molecule has 0 spiro atoms. The molecule has 30 heavy (non-hydrogen) atoms. The fraction of sp³-hybridized carbons (Fsp3) is 0.200. The molecule has 0 unspecified atom stereocenters. The van der Waals surface area contributed by atoms with Crippen molar-refractivity contribution in [2.24, 2.45) is 0 Å². The second-order valence-corrected chi connectivity index (χ2v) is 7.83. The number of ether oxygens (including phenoxy) is 1. The molecule has 0 aliphatic carbocycles. The van der Waals surface area contributed by atoms with Crippen LogP contribution in [0, 0.1) is 0 Å². The van der Waals surface area contributed by atoms with Gasteiger partial charge in [-0.1, -0.05) is 36.4 Å². The van der Waals surface area contributed by atoms with Crippen LogP contribution in [0.4, 0.5) is 0 Å². The first-order chi connectivity index (χ1) is 14.7. The van der Waals surface area contributed by atoms with E-state index in [0.717, 1.165) is 45.9 Å². The minimum atomic E-state index is 0.0473. The summed E-state index contributed by atoms with van der Waals surface area (Å²) >= 11 is 0. The number of hydrogen-bond donors (Lipinski definition) is 2. The summed E-state index contributed by atoms with van der Waals surface area (Å²) in [4.78, 5) is 16.6. The highest BCUT2D eigenvalue weighted by molar-refractivity contribution is 5.75. The Balaban J connectivity index is 1.54. The van der Waals surface area contributed by atoms with Gasteiger partial charge in [-0.2, -0.15) is 0 Å². The van der Waals surface area contributed by atoms with E-state index in [1.54, 1.807) is 0 Å². The zero-order valence-electron chi connectivity index (χ0n) is 17.1. The molecule has 0 aliphatic heterocycles. The van der Waals surface area contributed by atoms with E-state index in [0.29, 0.717) is 0 Å². The van der Waals surface area contributed by atoms with Crippen molar-refractivity contribution in [3.05, 3.63) is 90.0 Å². The van der Waals surface area contributed by atoms with Crippen LogP contribution in [0.5, 0.6) is 5.75 Å². The first-order valence-corrected chi connectivity index (χ1v) is 10.3. The molecule has 0 bridgehead atoms. The minimum absolute atomic E-state index is 0.0473. The molecule has 5 heteroatoms. The fourth-order valence-corrected chi connectivity index (χ4v) is 3.86. The molecule has 2 heterocycles. The summed E-state index contributed by atoms with van der Waals surface area (Å²) in [6.45, 7) is 4.07. The number of rotatable bonds is 6. The van der Waals surface area contributed by atoms with Crippen molar-refractivity contribution in [1.82, 2.24) is 19.9 Å². The Kier molecular flexibility index (Phi) is 4.71. The van der Waals surface area contributed by atoms with Gasteiger partial charge in [-0.15, -0.1) is 0 Å². The van der Waals surface area contributed by atoms with Crippen LogP contribution in [-0.2, 0) is 6.42 Å². The number of benzene rings is 3. The third-order valence-corrected chi connectivity index (χ3v) is 5.23. The standard InChI is InChI=1S/C25H24N4O/c1-16(2)30-18-13-11-17(12-14-18)19(25-28-22-9-5-6-10-23(22)29-25)15-24-26-20-7-3-4-8-21(20)27-24/h3-14,16,19H,15H2,1-2H3,(H,26,27)(H,28,29)/t19-/m1/s1. The third kappa shape index (κ3) is 3.66. The molecule has 0 aliphatic rings. The Bertz CT molecular complexity index is 1220. The first-order valence-electron chi connectivity index (χ1n) is 10.3. The van der Waals surface area contributed by atoms with Gasteiger partial charge in [-0.25, -0.2) is 9.97 Å². The lowest BCUT2D eigenvalue weighted by atomic mass is 9.94. The van der Waals surface area contributed by atoms with Crippen molar-refractivity contribution in [1.29, 1.82) is 0 Å². The average Bonchev–Trinajstić information content (AvgIpc) is 3.35. The Morgan fingerprint density at radius 1 is 0.767 bits per heavy atom. The normalized spacial score (nSPS) is 12.6. The van der Waals surface area contributed by atoms with E-state index in [2.05, 4.69) is 34.2 Å². The molecular formula is C25H24N4O. The van der Waals surface area contributed by atoms with Gasteiger partial charge in [0.15, 0.2) is 0 Å². The van der Waals surface area contributed by atoms with Crippen LogP contribution in [-0.4, -0.2) is 26.0 Å². The van der Waals surface area contributed by atoms with Gasteiger partial charge in [0, 0.05) is 12.3 Å². The number of nitrogens with zero attached hydrogens (tertiary/aromatic N) is 2. The SMILES string of the molecule is CC(C)Oc1ccc([C@@H](Cc2nc3ccccc3[nH]2)c2nc3ccccc3[nH]2)cc1. The summed E-state index contributed by atoms with van der Waals surface area (Å²) in [6.07, 6.45) is 0.872. The molecule has 150 valence electrons. The van der Waals surface area contributed by atoms with Gasteiger partial charge in [0.2, 0.25) is 0 Å². The Labute approximate surface area is 175 Å². The lowest BCUT2D eigenvalue weighted by Crippen LogP contribution is -2.09. The highest BCUT2D eigenvalue weighted by Gasteiger charge is 2.21. The van der Waals surface area contributed by atoms with Gasteiger partial charge in [0.05, 0.1) is 28.2 Å². The maximum absolute atomic E-state index is 5.82. The monoisotopic (exact) mass is 396 g/mol. The number of fused-ring (bicyclic) bond motifs is 2. The summed E-state index contributed by atoms with van der Waals surface area (Å²) in [5.74, 6) is 2.81. The summed E-state index contributed by atoms with van der Waals surface area (Å²) in [7, 11) is 0. The molecule has 0 amide bonds. The van der Waals surface area contributed by atoms with Gasteiger partial charge < -0.3 is 14.7 Å². The van der Waals surface area contributed by atoms with E-state index < -0.39 is 0 Å². The molecule has 0 saturated heterocycles. The molecule has 3 aromatic carbocycles. The summed E-state index contributed by atoms with van der Waals surface area (Å²) in [5, 5.41) is 0. The van der Waals surface area contributed by atoms with Gasteiger partial charge in [-0.05, 0) is 55.8 Å². The van der Waals surface area contributed by atoms with Crippen LogP contribution >= 0.6 is 0 Å². The third-order valence-electron chi connectivity index (χ3n) is 5.23. The van der Waals surface area contributed by atoms with Crippen LogP contribution in [0.3, 0.4) is 0 Å². The van der Waals surface area contributed by atoms with Crippen molar-refractivity contribution in [3.8, 4) is 5.75 Å². The second-order valence-electron chi connectivity index (χ2n) is 7.83. The minimum Gasteiger partial charge on any atom is -0.491 e. The van der Waals surface area contributed by atoms with Crippen LogP contribution in [0.15, 0.2) is 72.8 Å². The second kappa shape index (κ2) is 7.67. The maximum Gasteiger partial charge on any atom is 0.119 e. The molecule has 2 aromatic heterocycles. The number of aromatic amines is 2. The number of H-pyrrole nitrogens is 2. The number of aromatic nitrogens is 4. The molecule has 5 nitrogen and oxygen atoms in total. The number of nitrogens with one attached hydrogen (secondary N) is 2. The quantitative estimate of drug-likeness (QED) is 0.392. The summed E-state index contributed by atoms with van der Waals surface area (Å²) < 4.78 is 5.82. The Morgan fingerprint density at radius 3 is 2.03 bits per heavy atom. The van der Waals surface area contributed by atoms with Crippen molar-refractivity contribution in [2.75, 3.05) is 0 Å². The van der Waals surface area contributed by atoms with E-state index >= 15 is 0 Å². The van der Waals surface area contributed by atoms with E-state index in [4.69, 9.17) is 14.7 Å². The molecule has 0 saturated carbocycles. The van der Waals surface area contributed by atoms with Gasteiger partial charge in [0.1, 0.15) is 17.4 Å². The molecule has 5 aromatic rings. The average molecular weight is 396 g/mol. The van der Waals surface area contributed by atoms with Crippen LogP contribution in [0.2, 0.25) is 0 Å². The highest BCUT2D eigenvalue weighted by Crippen LogP contribution is 2.30. The predicted molar refractivity (Wildman–Crippen MR) is 120 cm³/mol. The molecule has 0 fully saturated rings. The van der Waals surface area contributed by atoms with Gasteiger partial charge in [-0.3, -0.25) is 0 Å². The Morgan fingerprint density at radius 2 is 1.40 bits per heavy atom. The number of imidazole rings is 2. The molecule has 2 N–H and O–H groups in total. The topological polar surface area (TPSA) is 66.6 Å². The fourth-order valence-electron chi connectivity index (χ4n) is 3.86. The predicted octanol–water partition coefficient (Wildman–Crippen LogP) is 5.60. The lowest BCUT2D eigenvalue weighted by Gasteiger charge is -2.16. The molecule has 0 radical (unpaired) electrons. The molecule has 1 atom stereocenters. The van der Waals surface area contributed by atoms with Crippen LogP contribution in [0.25, 0.3) is 22.1 Å². The first kappa shape index (κ1) is 18.4. The van der Waals surface area contributed by atoms with Crippen molar-refractivity contribution in [2.45, 2.75) is 32.3 Å². The largest absolute Gasteiger partial charge is 0.491 e. The maximum atomic E-state index is 5.82. The molecular weight excluding hydrogens is 372 g/mol. The zero-order valence-corrected chi connectivity index (χ0v) is 17.1. The highest BCUT2D eigenvalue weighted by atomic mass is 16.5.